The Morgan fingerprint density at radius 3 is 2.71 bits per heavy atom. The summed E-state index contributed by atoms with van der Waals surface area (Å²) < 4.78 is 0. The first-order valence-electron chi connectivity index (χ1n) is 4.92. The second-order valence-corrected chi connectivity index (χ2v) is 5.11. The second-order valence-electron chi connectivity index (χ2n) is 3.54. The molecule has 1 fully saturated rings. The second kappa shape index (κ2) is 4.56. The number of benzene rings is 1. The van der Waals surface area contributed by atoms with Gasteiger partial charge in [0.25, 0.3) is 0 Å². The average Bonchev–Trinajstić information content (AvgIpc) is 2.67. The van der Waals surface area contributed by atoms with E-state index in [0.29, 0.717) is 11.4 Å². The molecule has 14 heavy (non-hydrogen) atoms. The third-order valence-corrected chi connectivity index (χ3v) is 4.11. The van der Waals surface area contributed by atoms with Crippen molar-refractivity contribution >= 4 is 23.4 Å². The van der Waals surface area contributed by atoms with Crippen LogP contribution in [0.5, 0.6) is 0 Å². The first-order chi connectivity index (χ1) is 6.79. The van der Waals surface area contributed by atoms with Crippen LogP contribution in [0.15, 0.2) is 24.3 Å². The van der Waals surface area contributed by atoms with Crippen molar-refractivity contribution in [1.29, 1.82) is 0 Å². The molecule has 1 aliphatic rings. The molecule has 1 N–H and O–H groups in total. The number of hydrogen-bond acceptors (Lipinski definition) is 2. The van der Waals surface area contributed by atoms with E-state index in [9.17, 15) is 0 Å². The zero-order valence-electron chi connectivity index (χ0n) is 8.16. The molecule has 1 saturated heterocycles. The minimum Gasteiger partial charge on any atom is -0.298 e. The summed E-state index contributed by atoms with van der Waals surface area (Å²) in [5.41, 5.74) is 1.33. The molecule has 0 radical (unpaired) electrons. The lowest BCUT2D eigenvalue weighted by Crippen LogP contribution is -2.24. The van der Waals surface area contributed by atoms with E-state index in [0.717, 1.165) is 5.02 Å². The molecule has 2 atom stereocenters. The highest BCUT2D eigenvalue weighted by Gasteiger charge is 2.23. The largest absolute Gasteiger partial charge is 0.298 e. The molecule has 1 nitrogen and oxygen atoms in total. The highest BCUT2D eigenvalue weighted by molar-refractivity contribution is 7.99. The maximum Gasteiger partial charge on any atom is 0.0792 e. The lowest BCUT2D eigenvalue weighted by atomic mass is 10.2. The van der Waals surface area contributed by atoms with Crippen LogP contribution in [0, 0.1) is 0 Å². The fraction of sp³-hybridized carbons (Fsp3) is 0.455. The molecular formula is C11H14ClNS. The Hall–Kier alpha value is -0.180. The summed E-state index contributed by atoms with van der Waals surface area (Å²) in [5.74, 6) is 1.21. The molecule has 3 heteroatoms. The third-order valence-electron chi connectivity index (χ3n) is 2.52. The van der Waals surface area contributed by atoms with Crippen LogP contribution >= 0.6 is 23.4 Å². The molecule has 0 aromatic heterocycles. The Balaban J connectivity index is 2.06. The van der Waals surface area contributed by atoms with E-state index in [-0.39, 0.29) is 0 Å². The smallest absolute Gasteiger partial charge is 0.0792 e. The molecule has 1 aliphatic heterocycles. The van der Waals surface area contributed by atoms with E-state index >= 15 is 0 Å². The van der Waals surface area contributed by atoms with Crippen LogP contribution in [0.1, 0.15) is 24.3 Å². The number of nitrogens with one attached hydrogen (secondary N) is 1. The fourth-order valence-electron chi connectivity index (χ4n) is 1.59. The van der Waals surface area contributed by atoms with Gasteiger partial charge in [-0.3, -0.25) is 5.32 Å². The predicted molar refractivity (Wildman–Crippen MR) is 63.9 cm³/mol. The van der Waals surface area contributed by atoms with Gasteiger partial charge in [-0.25, -0.2) is 0 Å². The monoisotopic (exact) mass is 227 g/mol. The molecule has 1 aromatic rings. The highest BCUT2D eigenvalue weighted by atomic mass is 35.5. The predicted octanol–water partition coefficient (Wildman–Crippen LogP) is 3.45. The van der Waals surface area contributed by atoms with Gasteiger partial charge in [0.1, 0.15) is 0 Å². The first kappa shape index (κ1) is 10.3. The van der Waals surface area contributed by atoms with Crippen molar-refractivity contribution in [3.63, 3.8) is 0 Å². The summed E-state index contributed by atoms with van der Waals surface area (Å²) in [6, 6.07) is 8.79. The zero-order valence-corrected chi connectivity index (χ0v) is 9.74. The normalized spacial score (nSPS) is 26.7. The van der Waals surface area contributed by atoms with Gasteiger partial charge >= 0.3 is 0 Å². The van der Waals surface area contributed by atoms with Crippen molar-refractivity contribution in [2.45, 2.75) is 24.8 Å². The summed E-state index contributed by atoms with van der Waals surface area (Å²) >= 11 is 7.83. The van der Waals surface area contributed by atoms with Gasteiger partial charge < -0.3 is 0 Å². The van der Waals surface area contributed by atoms with E-state index in [1.807, 2.05) is 23.9 Å². The Bertz CT molecular complexity index is 299. The number of hydrogen-bond donors (Lipinski definition) is 1. The van der Waals surface area contributed by atoms with E-state index < -0.39 is 0 Å². The molecule has 1 aromatic carbocycles. The molecule has 0 spiro atoms. The lowest BCUT2D eigenvalue weighted by Gasteiger charge is -2.12. The van der Waals surface area contributed by atoms with Crippen LogP contribution in [0.2, 0.25) is 5.02 Å². The topological polar surface area (TPSA) is 12.0 Å². The average molecular weight is 228 g/mol. The molecule has 0 aliphatic carbocycles. The van der Waals surface area contributed by atoms with Gasteiger partial charge in [-0.15, -0.1) is 11.8 Å². The number of halogens is 1. The van der Waals surface area contributed by atoms with Crippen molar-refractivity contribution in [1.82, 2.24) is 5.32 Å². The molecule has 2 rings (SSSR count). The summed E-state index contributed by atoms with van der Waals surface area (Å²) in [5, 5.41) is 4.86. The van der Waals surface area contributed by atoms with Crippen molar-refractivity contribution in [2.75, 3.05) is 5.75 Å². The Labute approximate surface area is 94.2 Å². The highest BCUT2D eigenvalue weighted by Crippen LogP contribution is 2.33. The van der Waals surface area contributed by atoms with Gasteiger partial charge in [-0.05, 0) is 24.1 Å². The molecular weight excluding hydrogens is 214 g/mol. The van der Waals surface area contributed by atoms with E-state index in [4.69, 9.17) is 11.6 Å². The molecule has 1 heterocycles. The summed E-state index contributed by atoms with van der Waals surface area (Å²) in [6.45, 7) is 2.22. The van der Waals surface area contributed by atoms with Crippen LogP contribution in [0.3, 0.4) is 0 Å². The number of rotatable bonds is 2. The molecule has 0 saturated carbocycles. The third kappa shape index (κ3) is 2.25. The summed E-state index contributed by atoms with van der Waals surface area (Å²) in [6.07, 6.45) is 1.21. The van der Waals surface area contributed by atoms with Gasteiger partial charge in [-0.1, -0.05) is 30.7 Å². The summed E-state index contributed by atoms with van der Waals surface area (Å²) in [4.78, 5) is 0. The van der Waals surface area contributed by atoms with Crippen LogP contribution < -0.4 is 5.32 Å². The minimum absolute atomic E-state index is 0.456. The molecule has 2 unspecified atom stereocenters. The maximum absolute atomic E-state index is 5.85. The zero-order chi connectivity index (χ0) is 9.97. The van der Waals surface area contributed by atoms with Crippen LogP contribution in [-0.4, -0.2) is 11.8 Å². The van der Waals surface area contributed by atoms with Crippen LogP contribution in [-0.2, 0) is 0 Å². The van der Waals surface area contributed by atoms with E-state index in [1.54, 1.807) is 0 Å². The standard InChI is InChI=1S/C11H14ClNS/c1-2-10-7-14-11(13-10)8-3-5-9(12)6-4-8/h3-6,10-11,13H,2,7H2,1H3. The minimum atomic E-state index is 0.456. The Morgan fingerprint density at radius 1 is 1.43 bits per heavy atom. The first-order valence-corrected chi connectivity index (χ1v) is 6.35. The van der Waals surface area contributed by atoms with Gasteiger partial charge in [0.2, 0.25) is 0 Å². The van der Waals surface area contributed by atoms with Gasteiger partial charge in [0, 0.05) is 16.8 Å². The van der Waals surface area contributed by atoms with Gasteiger partial charge in [-0.2, -0.15) is 0 Å². The van der Waals surface area contributed by atoms with E-state index in [1.165, 1.54) is 17.7 Å². The molecule has 0 bridgehead atoms. The van der Waals surface area contributed by atoms with Crippen molar-refractivity contribution in [3.05, 3.63) is 34.9 Å². The Morgan fingerprint density at radius 2 is 2.14 bits per heavy atom. The molecule has 76 valence electrons. The quantitative estimate of drug-likeness (QED) is 0.831. The van der Waals surface area contributed by atoms with Crippen LogP contribution in [0.4, 0.5) is 0 Å². The fourth-order valence-corrected chi connectivity index (χ4v) is 3.11. The van der Waals surface area contributed by atoms with Crippen LogP contribution in [0.25, 0.3) is 0 Å². The SMILES string of the molecule is CCC1CSC(c2ccc(Cl)cc2)N1. The molecule has 0 amide bonds. The summed E-state index contributed by atoms with van der Waals surface area (Å²) in [7, 11) is 0. The maximum atomic E-state index is 5.85. The van der Waals surface area contributed by atoms with Gasteiger partial charge in [0.05, 0.1) is 5.37 Å². The van der Waals surface area contributed by atoms with Gasteiger partial charge in [0.15, 0.2) is 0 Å². The van der Waals surface area contributed by atoms with Crippen molar-refractivity contribution < 1.29 is 0 Å². The van der Waals surface area contributed by atoms with E-state index in [2.05, 4.69) is 24.4 Å². The Kier molecular flexibility index (Phi) is 3.37. The van der Waals surface area contributed by atoms with Crippen molar-refractivity contribution in [2.24, 2.45) is 0 Å². The number of thioether (sulfide) groups is 1. The van der Waals surface area contributed by atoms with Crippen molar-refractivity contribution in [3.8, 4) is 0 Å². The lowest BCUT2D eigenvalue weighted by molar-refractivity contribution is 0.561.